The normalized spacial score (nSPS) is 13.2. The molecule has 2 rings (SSSR count). The number of hydrogen-bond donors (Lipinski definition) is 2. The molecule has 0 aliphatic carbocycles. The zero-order valence-corrected chi connectivity index (χ0v) is 13.0. The van der Waals surface area contributed by atoms with Gasteiger partial charge in [-0.1, -0.05) is 37.3 Å². The van der Waals surface area contributed by atoms with E-state index in [1.54, 1.807) is 6.92 Å². The van der Waals surface area contributed by atoms with Gasteiger partial charge in [0.2, 0.25) is 10.0 Å². The molecule has 6 nitrogen and oxygen atoms in total. The number of benzene rings is 1. The maximum Gasteiger partial charge on any atom is 0.246 e. The van der Waals surface area contributed by atoms with Crippen molar-refractivity contribution in [3.8, 4) is 0 Å². The summed E-state index contributed by atoms with van der Waals surface area (Å²) in [5, 5.41) is 4.02. The molecule has 0 radical (unpaired) electrons. The van der Waals surface area contributed by atoms with Gasteiger partial charge in [-0.15, -0.1) is 0 Å². The number of nitrogen functional groups attached to an aromatic ring is 1. The summed E-state index contributed by atoms with van der Waals surface area (Å²) < 4.78 is 28.9. The first-order valence-corrected chi connectivity index (χ1v) is 8.32. The van der Waals surface area contributed by atoms with Gasteiger partial charge in [-0.05, 0) is 18.9 Å². The highest BCUT2D eigenvalue weighted by Crippen LogP contribution is 2.21. The summed E-state index contributed by atoms with van der Waals surface area (Å²) in [6, 6.07) is 9.03. The molecule has 3 N–H and O–H groups in total. The summed E-state index contributed by atoms with van der Waals surface area (Å²) >= 11 is 0. The van der Waals surface area contributed by atoms with Gasteiger partial charge in [-0.3, -0.25) is 0 Å². The van der Waals surface area contributed by atoms with E-state index in [1.165, 1.54) is 10.9 Å². The van der Waals surface area contributed by atoms with Crippen LogP contribution in [0.4, 0.5) is 5.82 Å². The minimum absolute atomic E-state index is 0.0266. The van der Waals surface area contributed by atoms with Crippen LogP contribution in [0.5, 0.6) is 0 Å². The van der Waals surface area contributed by atoms with Crippen molar-refractivity contribution < 1.29 is 8.42 Å². The van der Waals surface area contributed by atoms with Gasteiger partial charge < -0.3 is 5.73 Å². The molecular formula is C14H20N4O2S. The zero-order chi connectivity index (χ0) is 15.5. The van der Waals surface area contributed by atoms with Crippen LogP contribution in [0, 0.1) is 0 Å². The minimum atomic E-state index is -3.69. The summed E-state index contributed by atoms with van der Waals surface area (Å²) in [4.78, 5) is 0.0266. The molecule has 0 spiro atoms. The van der Waals surface area contributed by atoms with E-state index in [0.717, 1.165) is 12.0 Å². The number of sulfonamides is 1. The molecule has 1 heterocycles. The van der Waals surface area contributed by atoms with Crippen LogP contribution in [0.2, 0.25) is 0 Å². The first-order valence-electron chi connectivity index (χ1n) is 6.84. The summed E-state index contributed by atoms with van der Waals surface area (Å²) in [5.41, 5.74) is 6.76. The number of nitrogens with two attached hydrogens (primary N) is 1. The molecule has 0 saturated carbocycles. The van der Waals surface area contributed by atoms with Crippen LogP contribution in [0.15, 0.2) is 41.4 Å². The summed E-state index contributed by atoms with van der Waals surface area (Å²) in [6.45, 7) is 4.36. The highest BCUT2D eigenvalue weighted by molar-refractivity contribution is 7.89. The highest BCUT2D eigenvalue weighted by Gasteiger charge is 2.23. The van der Waals surface area contributed by atoms with Gasteiger partial charge in [-0.25, -0.2) is 17.8 Å². The average molecular weight is 308 g/mol. The Morgan fingerprint density at radius 1 is 1.33 bits per heavy atom. The number of aryl methyl sites for hydroxylation is 1. The first kappa shape index (κ1) is 15.5. The van der Waals surface area contributed by atoms with Crippen LogP contribution in [0.1, 0.15) is 31.9 Å². The molecular weight excluding hydrogens is 288 g/mol. The molecule has 1 atom stereocenters. The molecule has 0 fully saturated rings. The lowest BCUT2D eigenvalue weighted by Gasteiger charge is -2.14. The number of aromatic nitrogens is 2. The molecule has 7 heteroatoms. The number of nitrogens with one attached hydrogen (secondary N) is 1. The van der Waals surface area contributed by atoms with Crippen LogP contribution < -0.4 is 10.5 Å². The third-order valence-corrected chi connectivity index (χ3v) is 4.76. The van der Waals surface area contributed by atoms with E-state index < -0.39 is 10.0 Å². The predicted octanol–water partition coefficient (Wildman–Crippen LogP) is 1.91. The third kappa shape index (κ3) is 3.43. The maximum absolute atomic E-state index is 12.4. The standard InChI is InChI=1S/C14H20N4O2S/c1-3-9-18-14(15)13(10-16-18)21(19,20)17-11(2)12-7-5-4-6-8-12/h4-8,10-11,17H,3,9,15H2,1-2H3. The Hall–Kier alpha value is -1.86. The topological polar surface area (TPSA) is 90.0 Å². The Balaban J connectivity index is 2.23. The van der Waals surface area contributed by atoms with E-state index in [4.69, 9.17) is 5.73 Å². The van der Waals surface area contributed by atoms with Crippen molar-refractivity contribution in [3.05, 3.63) is 42.1 Å². The quantitative estimate of drug-likeness (QED) is 0.853. The van der Waals surface area contributed by atoms with Gasteiger partial charge in [0.05, 0.1) is 6.20 Å². The molecule has 2 aromatic rings. The molecule has 114 valence electrons. The maximum atomic E-state index is 12.4. The second kappa shape index (κ2) is 6.28. The summed E-state index contributed by atoms with van der Waals surface area (Å²) in [7, 11) is -3.69. The third-order valence-electron chi connectivity index (χ3n) is 3.20. The average Bonchev–Trinajstić information content (AvgIpc) is 2.82. The lowest BCUT2D eigenvalue weighted by atomic mass is 10.1. The molecule has 0 bridgehead atoms. The van der Waals surface area contributed by atoms with E-state index in [-0.39, 0.29) is 16.8 Å². The fourth-order valence-corrected chi connectivity index (χ4v) is 3.38. The summed E-state index contributed by atoms with van der Waals surface area (Å²) in [6.07, 6.45) is 2.13. The lowest BCUT2D eigenvalue weighted by Crippen LogP contribution is -2.27. The minimum Gasteiger partial charge on any atom is -0.383 e. The summed E-state index contributed by atoms with van der Waals surface area (Å²) in [5.74, 6) is 0.171. The van der Waals surface area contributed by atoms with Crippen molar-refractivity contribution in [3.63, 3.8) is 0 Å². The van der Waals surface area contributed by atoms with Crippen LogP contribution in [0.3, 0.4) is 0 Å². The Morgan fingerprint density at radius 3 is 2.62 bits per heavy atom. The Morgan fingerprint density at radius 2 is 2.00 bits per heavy atom. The Labute approximate surface area is 125 Å². The Kier molecular flexibility index (Phi) is 4.64. The van der Waals surface area contributed by atoms with E-state index in [2.05, 4.69) is 9.82 Å². The first-order chi connectivity index (χ1) is 9.95. The van der Waals surface area contributed by atoms with Crippen LogP contribution >= 0.6 is 0 Å². The number of hydrogen-bond acceptors (Lipinski definition) is 4. The molecule has 0 saturated heterocycles. The van der Waals surface area contributed by atoms with E-state index in [9.17, 15) is 8.42 Å². The smallest absolute Gasteiger partial charge is 0.246 e. The predicted molar refractivity (Wildman–Crippen MR) is 82.1 cm³/mol. The van der Waals surface area contributed by atoms with Gasteiger partial charge in [0.1, 0.15) is 10.7 Å². The number of anilines is 1. The molecule has 0 amide bonds. The number of nitrogens with zero attached hydrogens (tertiary/aromatic N) is 2. The van der Waals surface area contributed by atoms with Gasteiger partial charge in [0.25, 0.3) is 0 Å². The van der Waals surface area contributed by atoms with E-state index in [1.807, 2.05) is 37.3 Å². The highest BCUT2D eigenvalue weighted by atomic mass is 32.2. The van der Waals surface area contributed by atoms with Crippen LogP contribution in [0.25, 0.3) is 0 Å². The van der Waals surface area contributed by atoms with E-state index >= 15 is 0 Å². The molecule has 1 unspecified atom stereocenters. The molecule has 1 aromatic heterocycles. The van der Waals surface area contributed by atoms with Crippen molar-refractivity contribution in [2.75, 3.05) is 5.73 Å². The SMILES string of the molecule is CCCn1ncc(S(=O)(=O)NC(C)c2ccccc2)c1N. The van der Waals surface area contributed by atoms with Crippen molar-refractivity contribution in [1.82, 2.24) is 14.5 Å². The largest absolute Gasteiger partial charge is 0.383 e. The second-order valence-electron chi connectivity index (χ2n) is 4.87. The van der Waals surface area contributed by atoms with Crippen molar-refractivity contribution in [2.45, 2.75) is 37.8 Å². The molecule has 21 heavy (non-hydrogen) atoms. The van der Waals surface area contributed by atoms with Crippen molar-refractivity contribution >= 4 is 15.8 Å². The van der Waals surface area contributed by atoms with E-state index in [0.29, 0.717) is 6.54 Å². The zero-order valence-electron chi connectivity index (χ0n) is 12.2. The van der Waals surface area contributed by atoms with Gasteiger partial charge >= 0.3 is 0 Å². The van der Waals surface area contributed by atoms with Gasteiger partial charge in [0, 0.05) is 12.6 Å². The van der Waals surface area contributed by atoms with Crippen LogP contribution in [-0.4, -0.2) is 18.2 Å². The molecule has 0 aliphatic heterocycles. The fraction of sp³-hybridized carbons (Fsp3) is 0.357. The molecule has 1 aromatic carbocycles. The van der Waals surface area contributed by atoms with Gasteiger partial charge in [-0.2, -0.15) is 5.10 Å². The lowest BCUT2D eigenvalue weighted by molar-refractivity contribution is 0.567. The fourth-order valence-electron chi connectivity index (χ4n) is 2.08. The molecule has 0 aliphatic rings. The van der Waals surface area contributed by atoms with Crippen molar-refractivity contribution in [2.24, 2.45) is 0 Å². The number of rotatable bonds is 6. The second-order valence-corrected chi connectivity index (χ2v) is 6.55. The van der Waals surface area contributed by atoms with Gasteiger partial charge in [0.15, 0.2) is 0 Å². The monoisotopic (exact) mass is 308 g/mol. The van der Waals surface area contributed by atoms with Crippen LogP contribution in [-0.2, 0) is 16.6 Å². The Bertz CT molecular complexity index is 695. The van der Waals surface area contributed by atoms with Crippen molar-refractivity contribution in [1.29, 1.82) is 0 Å².